The third kappa shape index (κ3) is 2.10. The number of hydrogen-bond acceptors (Lipinski definition) is 2. The summed E-state index contributed by atoms with van der Waals surface area (Å²) in [5, 5.41) is 20.0. The number of phenolic OH excluding ortho intramolecular Hbond substituents is 1. The molecule has 5 atom stereocenters. The molecule has 0 saturated heterocycles. The van der Waals surface area contributed by atoms with E-state index in [1.165, 1.54) is 30.4 Å². The minimum Gasteiger partial charge on any atom is -0.508 e. The van der Waals surface area contributed by atoms with E-state index in [1.54, 1.807) is 0 Å². The molecule has 0 amide bonds. The summed E-state index contributed by atoms with van der Waals surface area (Å²) >= 11 is 0. The second-order valence-electron chi connectivity index (χ2n) is 7.44. The van der Waals surface area contributed by atoms with E-state index in [9.17, 15) is 10.2 Å². The predicted molar refractivity (Wildman–Crippen MR) is 86.0 cm³/mol. The van der Waals surface area contributed by atoms with Crippen molar-refractivity contribution in [2.24, 2.45) is 17.3 Å². The van der Waals surface area contributed by atoms with Gasteiger partial charge in [-0.15, -0.1) is 12.4 Å². The van der Waals surface area contributed by atoms with Crippen LogP contribution >= 0.6 is 12.4 Å². The third-order valence-corrected chi connectivity index (χ3v) is 6.66. The van der Waals surface area contributed by atoms with Crippen LogP contribution in [0.15, 0.2) is 18.2 Å². The van der Waals surface area contributed by atoms with E-state index in [1.807, 2.05) is 12.1 Å². The number of rotatable bonds is 0. The number of aromatic hydroxyl groups is 1. The highest BCUT2D eigenvalue weighted by Crippen LogP contribution is 2.60. The summed E-state index contributed by atoms with van der Waals surface area (Å²) in [6, 6.07) is 5.96. The largest absolute Gasteiger partial charge is 0.508 e. The smallest absolute Gasteiger partial charge is 0.115 e. The lowest BCUT2D eigenvalue weighted by Crippen LogP contribution is -2.43. The molecule has 0 radical (unpaired) electrons. The SMILES string of the molecule is C[C@]12CC[C@@H]3c4ccc(O)cc4CC[C@H]3[C@@H]1CC[C@@H]2O.Cl. The highest BCUT2D eigenvalue weighted by Gasteiger charge is 2.54. The highest BCUT2D eigenvalue weighted by atomic mass is 35.5. The lowest BCUT2D eigenvalue weighted by Gasteiger charge is -2.50. The van der Waals surface area contributed by atoms with Crippen molar-refractivity contribution in [2.75, 3.05) is 0 Å². The molecule has 4 rings (SSSR count). The molecule has 0 spiro atoms. The second-order valence-corrected chi connectivity index (χ2v) is 7.44. The Morgan fingerprint density at radius 3 is 2.76 bits per heavy atom. The van der Waals surface area contributed by atoms with Gasteiger partial charge >= 0.3 is 0 Å². The lowest BCUT2D eigenvalue weighted by atomic mass is 9.55. The minimum atomic E-state index is -0.0883. The van der Waals surface area contributed by atoms with Crippen LogP contribution in [0.2, 0.25) is 0 Å². The first-order valence-electron chi connectivity index (χ1n) is 8.09. The molecule has 3 heteroatoms. The molecule has 0 heterocycles. The van der Waals surface area contributed by atoms with Gasteiger partial charge in [0.1, 0.15) is 5.75 Å². The molecule has 0 unspecified atom stereocenters. The van der Waals surface area contributed by atoms with Crippen LogP contribution in [0.5, 0.6) is 5.75 Å². The number of halogens is 1. The van der Waals surface area contributed by atoms with Gasteiger partial charge in [0.2, 0.25) is 0 Å². The van der Waals surface area contributed by atoms with Crippen LogP contribution in [-0.2, 0) is 6.42 Å². The quantitative estimate of drug-likeness (QED) is 0.759. The first-order valence-corrected chi connectivity index (χ1v) is 8.09. The summed E-state index contributed by atoms with van der Waals surface area (Å²) in [4.78, 5) is 0. The van der Waals surface area contributed by atoms with Gasteiger partial charge in [0.25, 0.3) is 0 Å². The lowest BCUT2D eigenvalue weighted by molar-refractivity contribution is -0.0226. The van der Waals surface area contributed by atoms with Gasteiger partial charge in [-0.2, -0.15) is 0 Å². The molecule has 0 aromatic heterocycles. The molecule has 2 N–H and O–H groups in total. The number of aliphatic hydroxyl groups excluding tert-OH is 1. The van der Waals surface area contributed by atoms with E-state index in [2.05, 4.69) is 13.0 Å². The van der Waals surface area contributed by atoms with Gasteiger partial charge in [0, 0.05) is 0 Å². The van der Waals surface area contributed by atoms with Crippen molar-refractivity contribution in [1.29, 1.82) is 0 Å². The summed E-state index contributed by atoms with van der Waals surface area (Å²) in [6.45, 7) is 2.32. The number of fused-ring (bicyclic) bond motifs is 5. The van der Waals surface area contributed by atoms with E-state index in [-0.39, 0.29) is 23.9 Å². The molecule has 1 aromatic carbocycles. The van der Waals surface area contributed by atoms with Crippen LogP contribution in [0.4, 0.5) is 0 Å². The molecule has 21 heavy (non-hydrogen) atoms. The topological polar surface area (TPSA) is 40.5 Å². The maximum atomic E-state index is 10.4. The monoisotopic (exact) mass is 308 g/mol. The van der Waals surface area contributed by atoms with Crippen molar-refractivity contribution in [3.63, 3.8) is 0 Å². The van der Waals surface area contributed by atoms with Gasteiger partial charge in [-0.3, -0.25) is 0 Å². The Bertz CT molecular complexity index is 544. The predicted octanol–water partition coefficient (Wildman–Crippen LogP) is 4.03. The van der Waals surface area contributed by atoms with Crippen molar-refractivity contribution in [2.45, 2.75) is 57.5 Å². The molecule has 116 valence electrons. The average molecular weight is 309 g/mol. The highest BCUT2D eigenvalue weighted by molar-refractivity contribution is 5.85. The minimum absolute atomic E-state index is 0. The van der Waals surface area contributed by atoms with Crippen LogP contribution in [0.25, 0.3) is 0 Å². The maximum absolute atomic E-state index is 10.4. The zero-order chi connectivity index (χ0) is 13.9. The molecule has 3 aliphatic rings. The summed E-state index contributed by atoms with van der Waals surface area (Å²) < 4.78 is 0. The summed E-state index contributed by atoms with van der Waals surface area (Å²) in [7, 11) is 0. The first kappa shape index (κ1) is 15.2. The fourth-order valence-corrected chi connectivity index (χ4v) is 5.54. The van der Waals surface area contributed by atoms with Crippen LogP contribution < -0.4 is 0 Å². The summed E-state index contributed by atoms with van der Waals surface area (Å²) in [5.74, 6) is 2.49. The zero-order valence-corrected chi connectivity index (χ0v) is 13.4. The van der Waals surface area contributed by atoms with Crippen LogP contribution in [0.1, 0.15) is 56.1 Å². The number of aliphatic hydroxyl groups is 1. The Kier molecular flexibility index (Phi) is 3.74. The molecule has 3 aliphatic carbocycles. The van der Waals surface area contributed by atoms with Gasteiger partial charge in [-0.25, -0.2) is 0 Å². The molecule has 1 aromatic rings. The zero-order valence-electron chi connectivity index (χ0n) is 12.6. The number of hydrogen-bond donors (Lipinski definition) is 2. The molecule has 2 fully saturated rings. The van der Waals surface area contributed by atoms with Gasteiger partial charge in [-0.05, 0) is 85.0 Å². The maximum Gasteiger partial charge on any atom is 0.115 e. The van der Waals surface area contributed by atoms with Crippen molar-refractivity contribution >= 4 is 12.4 Å². The van der Waals surface area contributed by atoms with Gasteiger partial charge < -0.3 is 10.2 Å². The van der Waals surface area contributed by atoms with E-state index in [0.717, 1.165) is 25.2 Å². The third-order valence-electron chi connectivity index (χ3n) is 6.66. The standard InChI is InChI=1S/C18H24O2.ClH/c1-18-9-8-14-13-5-3-12(19)10-11(13)2-4-15(14)16(18)6-7-17(18)20;/h3,5,10,14-17,19-20H,2,4,6-9H2,1H3;1H/t14-,15-,16+,17+,18+;/m1./s1. The molecule has 0 bridgehead atoms. The molecular formula is C18H25ClO2. The molecule has 2 nitrogen and oxygen atoms in total. The van der Waals surface area contributed by atoms with E-state index < -0.39 is 0 Å². The molecule has 2 saturated carbocycles. The van der Waals surface area contributed by atoms with E-state index in [0.29, 0.717) is 17.6 Å². The van der Waals surface area contributed by atoms with Crippen molar-refractivity contribution in [3.8, 4) is 5.75 Å². The van der Waals surface area contributed by atoms with Crippen molar-refractivity contribution < 1.29 is 10.2 Å². The van der Waals surface area contributed by atoms with Crippen molar-refractivity contribution in [3.05, 3.63) is 29.3 Å². The van der Waals surface area contributed by atoms with Crippen LogP contribution in [-0.4, -0.2) is 16.3 Å². The summed E-state index contributed by atoms with van der Waals surface area (Å²) in [5.41, 5.74) is 2.99. The Hall–Kier alpha value is -0.730. The van der Waals surface area contributed by atoms with Gasteiger partial charge in [0.05, 0.1) is 6.10 Å². The first-order chi connectivity index (χ1) is 9.59. The number of benzene rings is 1. The van der Waals surface area contributed by atoms with Crippen molar-refractivity contribution in [1.82, 2.24) is 0 Å². The Morgan fingerprint density at radius 2 is 1.95 bits per heavy atom. The van der Waals surface area contributed by atoms with E-state index >= 15 is 0 Å². The average Bonchev–Trinajstić information content (AvgIpc) is 2.74. The fraction of sp³-hybridized carbons (Fsp3) is 0.667. The Balaban J connectivity index is 0.00000132. The van der Waals surface area contributed by atoms with E-state index in [4.69, 9.17) is 0 Å². The number of aryl methyl sites for hydroxylation is 1. The molecule has 0 aliphatic heterocycles. The normalized spacial score (nSPS) is 40.7. The Labute approximate surface area is 133 Å². The van der Waals surface area contributed by atoms with Crippen LogP contribution in [0.3, 0.4) is 0 Å². The number of phenols is 1. The fourth-order valence-electron chi connectivity index (χ4n) is 5.54. The Morgan fingerprint density at radius 1 is 1.14 bits per heavy atom. The second kappa shape index (κ2) is 5.17. The van der Waals surface area contributed by atoms with Crippen LogP contribution in [0, 0.1) is 17.3 Å². The molecular weight excluding hydrogens is 284 g/mol. The van der Waals surface area contributed by atoms with Gasteiger partial charge in [-0.1, -0.05) is 13.0 Å². The van der Waals surface area contributed by atoms with Gasteiger partial charge in [0.15, 0.2) is 0 Å². The summed E-state index contributed by atoms with van der Waals surface area (Å²) in [6.07, 6.45) is 6.78.